The summed E-state index contributed by atoms with van der Waals surface area (Å²) in [5.41, 5.74) is 5.05. The van der Waals surface area contributed by atoms with Gasteiger partial charge in [0.1, 0.15) is 11.3 Å². The van der Waals surface area contributed by atoms with Crippen molar-refractivity contribution >= 4 is 17.4 Å². The molecule has 2 N–H and O–H groups in total. The van der Waals surface area contributed by atoms with Crippen molar-refractivity contribution in [1.82, 2.24) is 4.98 Å². The molecule has 21 heavy (non-hydrogen) atoms. The van der Waals surface area contributed by atoms with Crippen molar-refractivity contribution in [2.45, 2.75) is 48.0 Å². The maximum atomic E-state index is 10.0. The van der Waals surface area contributed by atoms with Gasteiger partial charge in [-0.3, -0.25) is 4.79 Å². The smallest absolute Gasteiger partial charge is 0.290 e. The summed E-state index contributed by atoms with van der Waals surface area (Å²) in [5.74, 6) is 0.311. The Morgan fingerprint density at radius 1 is 1.14 bits per heavy atom. The van der Waals surface area contributed by atoms with E-state index in [-0.39, 0.29) is 6.47 Å². The molecule has 0 aliphatic heterocycles. The van der Waals surface area contributed by atoms with Crippen LogP contribution in [-0.2, 0) is 11.2 Å². The molecule has 0 aliphatic carbocycles. The average molecular weight is 291 g/mol. The van der Waals surface area contributed by atoms with Crippen LogP contribution in [0.25, 0.3) is 10.9 Å². The predicted molar refractivity (Wildman–Crippen MR) is 87.0 cm³/mol. The van der Waals surface area contributed by atoms with E-state index in [0.717, 1.165) is 28.6 Å². The van der Waals surface area contributed by atoms with Gasteiger partial charge in [0.15, 0.2) is 0 Å². The number of aromatic hydroxyl groups is 1. The zero-order valence-corrected chi connectivity index (χ0v) is 13.7. The van der Waals surface area contributed by atoms with Crippen molar-refractivity contribution in [1.29, 1.82) is 0 Å². The van der Waals surface area contributed by atoms with E-state index in [1.165, 1.54) is 11.1 Å². The fraction of sp³-hybridized carbons (Fsp3) is 0.412. The number of aromatic nitrogens is 1. The van der Waals surface area contributed by atoms with Crippen LogP contribution in [0.1, 0.15) is 43.2 Å². The Labute approximate surface area is 126 Å². The normalized spacial score (nSPS) is 9.24. The molecule has 0 radical (unpaired) electrons. The van der Waals surface area contributed by atoms with E-state index < -0.39 is 0 Å². The van der Waals surface area contributed by atoms with E-state index in [1.54, 1.807) is 0 Å². The van der Waals surface area contributed by atoms with Gasteiger partial charge in [0.2, 0.25) is 0 Å². The average Bonchev–Trinajstić information content (AvgIpc) is 2.47. The molecular formula is C17H25NO3. The number of fused-ring (bicyclic) bond motifs is 1. The molecule has 4 heteroatoms. The topological polar surface area (TPSA) is 70.4 Å². The molecule has 0 fully saturated rings. The number of pyridine rings is 1. The third-order valence-corrected chi connectivity index (χ3v) is 3.15. The van der Waals surface area contributed by atoms with Crippen LogP contribution >= 0.6 is 0 Å². The zero-order chi connectivity index (χ0) is 16.6. The maximum Gasteiger partial charge on any atom is 0.290 e. The Morgan fingerprint density at radius 2 is 1.67 bits per heavy atom. The lowest BCUT2D eigenvalue weighted by Gasteiger charge is -2.10. The third-order valence-electron chi connectivity index (χ3n) is 3.15. The number of hydrogen-bond donors (Lipinski definition) is 2. The second-order valence-electron chi connectivity index (χ2n) is 4.45. The first-order valence-corrected chi connectivity index (χ1v) is 7.13. The monoisotopic (exact) mass is 291 g/mol. The summed E-state index contributed by atoms with van der Waals surface area (Å²) in [4.78, 5) is 12.9. The van der Waals surface area contributed by atoms with Gasteiger partial charge in [-0.05, 0) is 49.9 Å². The molecule has 1 aromatic heterocycles. The fourth-order valence-corrected chi connectivity index (χ4v) is 2.14. The molecule has 0 spiro atoms. The van der Waals surface area contributed by atoms with E-state index >= 15 is 0 Å². The molecule has 0 bridgehead atoms. The number of phenolic OH excluding ortho intramolecular Hbond substituents is 1. The van der Waals surface area contributed by atoms with Gasteiger partial charge in [-0.1, -0.05) is 26.8 Å². The lowest BCUT2D eigenvalue weighted by Crippen LogP contribution is -1.95. The minimum atomic E-state index is -0.250. The van der Waals surface area contributed by atoms with E-state index in [0.29, 0.717) is 5.75 Å². The van der Waals surface area contributed by atoms with Crippen molar-refractivity contribution in [2.75, 3.05) is 0 Å². The van der Waals surface area contributed by atoms with E-state index in [4.69, 9.17) is 9.90 Å². The van der Waals surface area contributed by atoms with Crippen molar-refractivity contribution in [2.24, 2.45) is 0 Å². The first-order valence-electron chi connectivity index (χ1n) is 7.13. The fourth-order valence-electron chi connectivity index (χ4n) is 2.14. The molecule has 0 saturated carbocycles. The van der Waals surface area contributed by atoms with E-state index in [1.807, 2.05) is 33.8 Å². The molecule has 0 saturated heterocycles. The molecule has 2 aromatic rings. The SMILES string of the molecule is CC.CCc1cc2c(C)cc(C)c(O)c2nc1C.O=CO. The van der Waals surface area contributed by atoms with Crippen LogP contribution in [0.3, 0.4) is 0 Å². The van der Waals surface area contributed by atoms with Crippen LogP contribution in [0, 0.1) is 20.8 Å². The molecule has 4 nitrogen and oxygen atoms in total. The van der Waals surface area contributed by atoms with Crippen molar-refractivity contribution < 1.29 is 15.0 Å². The summed E-state index contributed by atoms with van der Waals surface area (Å²) < 4.78 is 0. The van der Waals surface area contributed by atoms with Gasteiger partial charge in [-0.15, -0.1) is 0 Å². The summed E-state index contributed by atoms with van der Waals surface area (Å²) in [5, 5.41) is 18.0. The molecule has 1 aromatic carbocycles. The summed E-state index contributed by atoms with van der Waals surface area (Å²) in [6.07, 6.45) is 0.975. The minimum Gasteiger partial charge on any atom is -0.505 e. The molecule has 2 rings (SSSR count). The lowest BCUT2D eigenvalue weighted by molar-refractivity contribution is -0.122. The molecular weight excluding hydrogens is 266 g/mol. The first-order chi connectivity index (χ1) is 9.96. The Hall–Kier alpha value is -2.10. The highest BCUT2D eigenvalue weighted by molar-refractivity contribution is 5.89. The van der Waals surface area contributed by atoms with Crippen molar-refractivity contribution in [3.05, 3.63) is 34.5 Å². The molecule has 0 atom stereocenters. The molecule has 0 amide bonds. The van der Waals surface area contributed by atoms with Crippen LogP contribution in [-0.4, -0.2) is 21.7 Å². The minimum absolute atomic E-state index is 0.250. The van der Waals surface area contributed by atoms with E-state index in [9.17, 15) is 5.11 Å². The van der Waals surface area contributed by atoms with Gasteiger partial charge in [0.05, 0.1) is 0 Å². The number of aryl methyl sites for hydroxylation is 4. The van der Waals surface area contributed by atoms with Gasteiger partial charge in [0.25, 0.3) is 6.47 Å². The van der Waals surface area contributed by atoms with Crippen LogP contribution in [0.15, 0.2) is 12.1 Å². The summed E-state index contributed by atoms with van der Waals surface area (Å²) in [7, 11) is 0. The highest BCUT2D eigenvalue weighted by atomic mass is 16.3. The quantitative estimate of drug-likeness (QED) is 0.774. The van der Waals surface area contributed by atoms with Crippen LogP contribution in [0.4, 0.5) is 0 Å². The second-order valence-corrected chi connectivity index (χ2v) is 4.45. The summed E-state index contributed by atoms with van der Waals surface area (Å²) in [6, 6.07) is 4.15. The van der Waals surface area contributed by atoms with E-state index in [2.05, 4.69) is 24.9 Å². The predicted octanol–water partition coefficient (Wildman–Crippen LogP) is 4.16. The standard InChI is InChI=1S/C14H17NO.C2H6.CH2O2/c1-5-11-7-12-8(2)6-9(3)14(16)13(12)15-10(11)4;1-2;2-1-3/h6-7,16H,5H2,1-4H3;1-2H3;1H,(H,2,3). The van der Waals surface area contributed by atoms with Crippen LogP contribution in [0.2, 0.25) is 0 Å². The Bertz CT molecular complexity index is 607. The van der Waals surface area contributed by atoms with Gasteiger partial charge in [0, 0.05) is 11.1 Å². The van der Waals surface area contributed by atoms with Gasteiger partial charge < -0.3 is 10.2 Å². The maximum absolute atomic E-state index is 10.0. The number of rotatable bonds is 1. The molecule has 0 unspecified atom stereocenters. The number of nitrogens with zero attached hydrogens (tertiary/aromatic N) is 1. The molecule has 116 valence electrons. The van der Waals surface area contributed by atoms with Gasteiger partial charge in [-0.2, -0.15) is 0 Å². The van der Waals surface area contributed by atoms with Gasteiger partial charge >= 0.3 is 0 Å². The molecule has 0 aliphatic rings. The number of phenols is 1. The number of carbonyl (C=O) groups is 1. The lowest BCUT2D eigenvalue weighted by atomic mass is 10.0. The number of benzene rings is 1. The number of hydrogen-bond acceptors (Lipinski definition) is 3. The van der Waals surface area contributed by atoms with Crippen molar-refractivity contribution in [3.63, 3.8) is 0 Å². The largest absolute Gasteiger partial charge is 0.505 e. The van der Waals surface area contributed by atoms with Crippen LogP contribution < -0.4 is 0 Å². The molecule has 1 heterocycles. The summed E-state index contributed by atoms with van der Waals surface area (Å²) in [6.45, 7) is 11.8. The number of carboxylic acid groups (broad SMARTS) is 1. The highest BCUT2D eigenvalue weighted by Crippen LogP contribution is 2.30. The zero-order valence-electron chi connectivity index (χ0n) is 13.7. The Kier molecular flexibility index (Phi) is 8.06. The second kappa shape index (κ2) is 8.95. The van der Waals surface area contributed by atoms with Crippen LogP contribution in [0.5, 0.6) is 5.75 Å². The summed E-state index contributed by atoms with van der Waals surface area (Å²) >= 11 is 0. The van der Waals surface area contributed by atoms with Crippen molar-refractivity contribution in [3.8, 4) is 5.75 Å². The Morgan fingerprint density at radius 3 is 2.14 bits per heavy atom. The third kappa shape index (κ3) is 4.45. The highest BCUT2D eigenvalue weighted by Gasteiger charge is 2.10. The Balaban J connectivity index is 0.000000713. The van der Waals surface area contributed by atoms with Gasteiger partial charge in [-0.25, -0.2) is 4.98 Å². The first kappa shape index (κ1) is 18.9.